The van der Waals surface area contributed by atoms with Gasteiger partial charge in [-0.05, 0) is 60.3 Å². The highest BCUT2D eigenvalue weighted by Gasteiger charge is 2.06. The lowest BCUT2D eigenvalue weighted by Crippen LogP contribution is -2.07. The third-order valence-corrected chi connectivity index (χ3v) is 5.18. The Morgan fingerprint density at radius 1 is 0.800 bits per heavy atom. The molecule has 4 aromatic rings. The van der Waals surface area contributed by atoms with Crippen molar-refractivity contribution < 1.29 is 14.6 Å². The number of carbonyl (C=O) groups is 1. The Morgan fingerprint density at radius 3 is 2.00 bits per heavy atom. The summed E-state index contributed by atoms with van der Waals surface area (Å²) in [7, 11) is 0. The summed E-state index contributed by atoms with van der Waals surface area (Å²) in [6.45, 7) is 5.49. The smallest absolute Gasteiger partial charge is 0.333 e. The van der Waals surface area contributed by atoms with Gasteiger partial charge in [0.1, 0.15) is 11.4 Å². The third kappa shape index (κ3) is 6.23. The van der Waals surface area contributed by atoms with Gasteiger partial charge in [-0.2, -0.15) is 15.3 Å². The van der Waals surface area contributed by atoms with Crippen LogP contribution in [0.2, 0.25) is 0 Å². The molecule has 0 fully saturated rings. The second-order valence-corrected chi connectivity index (χ2v) is 7.90. The summed E-state index contributed by atoms with van der Waals surface area (Å²) in [5, 5.41) is 29.1. The molecule has 0 radical (unpaired) electrons. The van der Waals surface area contributed by atoms with Crippen LogP contribution < -0.4 is 0 Å². The number of esters is 1. The van der Waals surface area contributed by atoms with Crippen LogP contribution in [0.5, 0.6) is 5.75 Å². The molecule has 0 saturated carbocycles. The number of hydrogen-bond acceptors (Lipinski definition) is 7. The van der Waals surface area contributed by atoms with Crippen LogP contribution in [0.15, 0.2) is 118 Å². The molecule has 0 aliphatic rings. The zero-order valence-corrected chi connectivity index (χ0v) is 19.3. The van der Waals surface area contributed by atoms with Crippen LogP contribution in [0.1, 0.15) is 12.5 Å². The summed E-state index contributed by atoms with van der Waals surface area (Å²) >= 11 is 0. The van der Waals surface area contributed by atoms with Gasteiger partial charge in [-0.1, -0.05) is 49.0 Å². The van der Waals surface area contributed by atoms with Gasteiger partial charge < -0.3 is 9.84 Å². The fourth-order valence-electron chi connectivity index (χ4n) is 3.27. The molecular formula is C28H24N4O3. The lowest BCUT2D eigenvalue weighted by Gasteiger charge is -2.04. The lowest BCUT2D eigenvalue weighted by atomic mass is 10.1. The topological polar surface area (TPSA) is 96.0 Å². The van der Waals surface area contributed by atoms with Crippen molar-refractivity contribution in [3.8, 4) is 5.75 Å². The van der Waals surface area contributed by atoms with Crippen molar-refractivity contribution in [2.45, 2.75) is 13.3 Å². The highest BCUT2D eigenvalue weighted by atomic mass is 16.5. The zero-order chi connectivity index (χ0) is 24.6. The molecule has 0 amide bonds. The van der Waals surface area contributed by atoms with E-state index in [1.165, 1.54) is 0 Å². The predicted octanol–water partition coefficient (Wildman–Crippen LogP) is 8.04. The lowest BCUT2D eigenvalue weighted by molar-refractivity contribution is -0.138. The van der Waals surface area contributed by atoms with Crippen LogP contribution in [0.3, 0.4) is 0 Å². The van der Waals surface area contributed by atoms with E-state index < -0.39 is 0 Å². The van der Waals surface area contributed by atoms with E-state index >= 15 is 0 Å². The van der Waals surface area contributed by atoms with Crippen molar-refractivity contribution in [1.82, 2.24) is 0 Å². The largest absolute Gasteiger partial charge is 0.506 e. The van der Waals surface area contributed by atoms with E-state index in [1.807, 2.05) is 54.6 Å². The molecule has 4 aromatic carbocycles. The maximum atomic E-state index is 11.4. The SMILES string of the molecule is C=C(C)C(=O)OCCc1ccc(N=Nc2ccc(N=Nc3c(O)ccc4ccccc34)cc2)cc1. The maximum Gasteiger partial charge on any atom is 0.333 e. The number of phenolic OH excluding ortho intramolecular Hbond substituents is 1. The number of phenols is 1. The van der Waals surface area contributed by atoms with Crippen LogP contribution in [0, 0.1) is 0 Å². The van der Waals surface area contributed by atoms with Gasteiger partial charge in [0.2, 0.25) is 0 Å². The minimum Gasteiger partial charge on any atom is -0.506 e. The molecule has 0 bridgehead atoms. The molecule has 0 aliphatic heterocycles. The molecule has 0 aliphatic carbocycles. The summed E-state index contributed by atoms with van der Waals surface area (Å²) < 4.78 is 5.11. The Balaban J connectivity index is 1.36. The second-order valence-electron chi connectivity index (χ2n) is 7.90. The Morgan fingerprint density at radius 2 is 1.37 bits per heavy atom. The third-order valence-electron chi connectivity index (χ3n) is 5.18. The molecule has 35 heavy (non-hydrogen) atoms. The summed E-state index contributed by atoms with van der Waals surface area (Å²) in [5.41, 5.74) is 3.87. The first kappa shape index (κ1) is 23.5. The van der Waals surface area contributed by atoms with E-state index in [0.29, 0.717) is 41.4 Å². The Bertz CT molecular complexity index is 1410. The molecule has 0 heterocycles. The normalized spacial score (nSPS) is 11.3. The number of fused-ring (bicyclic) bond motifs is 1. The van der Waals surface area contributed by atoms with E-state index in [4.69, 9.17) is 4.74 Å². The number of carbonyl (C=O) groups excluding carboxylic acids is 1. The van der Waals surface area contributed by atoms with E-state index in [2.05, 4.69) is 27.0 Å². The molecular weight excluding hydrogens is 440 g/mol. The van der Waals surface area contributed by atoms with Gasteiger partial charge in [0, 0.05) is 17.4 Å². The quantitative estimate of drug-likeness (QED) is 0.162. The summed E-state index contributed by atoms with van der Waals surface area (Å²) in [5.74, 6) is -0.300. The van der Waals surface area contributed by atoms with Crippen LogP contribution >= 0.6 is 0 Å². The van der Waals surface area contributed by atoms with Gasteiger partial charge in [0.05, 0.1) is 23.7 Å². The first-order chi connectivity index (χ1) is 17.0. The summed E-state index contributed by atoms with van der Waals surface area (Å²) in [4.78, 5) is 11.4. The number of hydrogen-bond donors (Lipinski definition) is 1. The molecule has 0 unspecified atom stereocenters. The van der Waals surface area contributed by atoms with Crippen molar-refractivity contribution >= 4 is 39.5 Å². The van der Waals surface area contributed by atoms with E-state index in [0.717, 1.165) is 16.3 Å². The number of aromatic hydroxyl groups is 1. The van der Waals surface area contributed by atoms with E-state index in [-0.39, 0.29) is 11.7 Å². The minimum atomic E-state index is -0.380. The molecule has 7 heteroatoms. The van der Waals surface area contributed by atoms with Gasteiger partial charge in [-0.15, -0.1) is 5.11 Å². The van der Waals surface area contributed by atoms with Crippen molar-refractivity contribution in [1.29, 1.82) is 0 Å². The van der Waals surface area contributed by atoms with Crippen LogP contribution in [-0.2, 0) is 16.0 Å². The number of nitrogens with zero attached hydrogens (tertiary/aromatic N) is 4. The van der Waals surface area contributed by atoms with Crippen LogP contribution in [0.25, 0.3) is 10.8 Å². The molecule has 1 N–H and O–H groups in total. The van der Waals surface area contributed by atoms with Gasteiger partial charge in [-0.25, -0.2) is 4.79 Å². The molecule has 7 nitrogen and oxygen atoms in total. The number of azo groups is 2. The minimum absolute atomic E-state index is 0.0803. The Kier molecular flexibility index (Phi) is 7.37. The van der Waals surface area contributed by atoms with Crippen LogP contribution in [-0.4, -0.2) is 17.7 Å². The first-order valence-corrected chi connectivity index (χ1v) is 11.1. The molecule has 0 saturated heterocycles. The number of ether oxygens (including phenoxy) is 1. The average Bonchev–Trinajstić information content (AvgIpc) is 2.88. The fraction of sp³-hybridized carbons (Fsp3) is 0.107. The van der Waals surface area contributed by atoms with E-state index in [1.54, 1.807) is 37.3 Å². The zero-order valence-electron chi connectivity index (χ0n) is 19.3. The van der Waals surface area contributed by atoms with Crippen molar-refractivity contribution in [3.05, 3.63) is 103 Å². The monoisotopic (exact) mass is 464 g/mol. The van der Waals surface area contributed by atoms with Gasteiger partial charge in [0.25, 0.3) is 0 Å². The second kappa shape index (κ2) is 11.0. The first-order valence-electron chi connectivity index (χ1n) is 11.1. The Hall–Kier alpha value is -4.65. The van der Waals surface area contributed by atoms with Gasteiger partial charge in [-0.3, -0.25) is 0 Å². The molecule has 0 aromatic heterocycles. The standard InChI is InChI=1S/C28H24N4O3/c1-19(2)28(34)35-18-17-20-7-10-22(11-8-20)29-30-23-12-14-24(15-13-23)31-32-27-25-6-4-3-5-21(25)9-16-26(27)33/h3-16,33H,1,17-18H2,2H3. The summed E-state index contributed by atoms with van der Waals surface area (Å²) in [6.07, 6.45) is 0.614. The highest BCUT2D eigenvalue weighted by Crippen LogP contribution is 2.36. The van der Waals surface area contributed by atoms with Crippen molar-refractivity contribution in [3.63, 3.8) is 0 Å². The molecule has 174 valence electrons. The van der Waals surface area contributed by atoms with E-state index in [9.17, 15) is 9.90 Å². The van der Waals surface area contributed by atoms with Crippen LogP contribution in [0.4, 0.5) is 22.7 Å². The number of rotatable bonds is 8. The van der Waals surface area contributed by atoms with Crippen molar-refractivity contribution in [2.24, 2.45) is 20.5 Å². The average molecular weight is 465 g/mol. The summed E-state index contributed by atoms with van der Waals surface area (Å²) in [6, 6.07) is 25.9. The predicted molar refractivity (Wildman–Crippen MR) is 136 cm³/mol. The molecule has 4 rings (SSSR count). The van der Waals surface area contributed by atoms with Gasteiger partial charge in [0.15, 0.2) is 0 Å². The fourth-order valence-corrected chi connectivity index (χ4v) is 3.27. The van der Waals surface area contributed by atoms with Crippen molar-refractivity contribution in [2.75, 3.05) is 6.61 Å². The molecule has 0 spiro atoms. The van der Waals surface area contributed by atoms with Gasteiger partial charge >= 0.3 is 5.97 Å². The highest BCUT2D eigenvalue weighted by molar-refractivity contribution is 5.95. The number of benzene rings is 4. The molecule has 0 atom stereocenters. The Labute approximate surface area is 203 Å². The maximum absolute atomic E-state index is 11.4.